The number of ketones is 1. The van der Waals surface area contributed by atoms with Crippen LogP contribution in [0.3, 0.4) is 0 Å². The Morgan fingerprint density at radius 1 is 1.82 bits per heavy atom. The van der Waals surface area contributed by atoms with Crippen molar-refractivity contribution in [3.8, 4) is 0 Å². The molecular weight excluding hydrogens is 136 g/mol. The maximum Gasteiger partial charge on any atom is 1.00 e. The summed E-state index contributed by atoms with van der Waals surface area (Å²) in [5, 5.41) is 0. The zero-order chi connectivity index (χ0) is 8.43. The van der Waals surface area contributed by atoms with Crippen LogP contribution in [0.5, 0.6) is 0 Å². The number of allylic oxidation sites excluding steroid dienone is 3. The van der Waals surface area contributed by atoms with Crippen molar-refractivity contribution in [2.24, 2.45) is 5.92 Å². The van der Waals surface area contributed by atoms with Gasteiger partial charge >= 0.3 is 1.43 Å². The third-order valence-corrected chi connectivity index (χ3v) is 2.28. The molecule has 11 heavy (non-hydrogen) atoms. The van der Waals surface area contributed by atoms with Crippen LogP contribution in [0.2, 0.25) is 0 Å². The predicted molar refractivity (Wildman–Crippen MR) is 47.4 cm³/mol. The Labute approximate surface area is 69.3 Å². The lowest BCUT2D eigenvalue weighted by Crippen LogP contribution is -2.14. The molecule has 0 radical (unpaired) electrons. The van der Waals surface area contributed by atoms with Gasteiger partial charge in [0.25, 0.3) is 0 Å². The van der Waals surface area contributed by atoms with Gasteiger partial charge in [0.1, 0.15) is 0 Å². The lowest BCUT2D eigenvalue weighted by atomic mass is 9.85. The van der Waals surface area contributed by atoms with E-state index in [1.165, 1.54) is 0 Å². The van der Waals surface area contributed by atoms with E-state index in [1.54, 1.807) is 0 Å². The van der Waals surface area contributed by atoms with E-state index >= 15 is 0 Å². The molecule has 1 rings (SSSR count). The molecule has 1 nitrogen and oxygen atoms in total. The van der Waals surface area contributed by atoms with Crippen molar-refractivity contribution in [3.63, 3.8) is 0 Å². The largest absolute Gasteiger partial charge is 1.00 e. The summed E-state index contributed by atoms with van der Waals surface area (Å²) in [4.78, 5) is 11.2. The minimum absolute atomic E-state index is 0. The Balaban J connectivity index is 0.00000121. The molecule has 1 unspecified atom stereocenters. The van der Waals surface area contributed by atoms with Gasteiger partial charge in [-0.15, -0.1) is 0 Å². The highest BCUT2D eigenvalue weighted by Gasteiger charge is 2.18. The molecule has 0 fully saturated rings. The molecule has 1 aliphatic carbocycles. The minimum Gasteiger partial charge on any atom is -0.295 e. The molecule has 0 aromatic carbocycles. The molecule has 0 saturated heterocycles. The minimum atomic E-state index is 0. The number of carbonyl (C=O) groups is 1. The highest BCUT2D eigenvalue weighted by Crippen LogP contribution is 2.25. The summed E-state index contributed by atoms with van der Waals surface area (Å²) < 4.78 is 0. The number of hydrogen-bond donors (Lipinski definition) is 0. The van der Waals surface area contributed by atoms with Crippen LogP contribution < -0.4 is 0 Å². The fourth-order valence-electron chi connectivity index (χ4n) is 1.28. The average molecular weight is 151 g/mol. The quantitative estimate of drug-likeness (QED) is 0.526. The lowest BCUT2D eigenvalue weighted by molar-refractivity contribution is -0.116. The SMILES string of the molecule is C=C(C)C1CC=C(C)C(=O)C1.[H+]. The van der Waals surface area contributed by atoms with Gasteiger partial charge in [-0.25, -0.2) is 0 Å². The van der Waals surface area contributed by atoms with Crippen molar-refractivity contribution >= 4 is 5.78 Å². The first-order valence-electron chi connectivity index (χ1n) is 3.96. The second-order valence-electron chi connectivity index (χ2n) is 3.29. The monoisotopic (exact) mass is 151 g/mol. The Hall–Kier alpha value is -0.850. The van der Waals surface area contributed by atoms with Crippen LogP contribution in [0.15, 0.2) is 23.8 Å². The van der Waals surface area contributed by atoms with Crippen LogP contribution >= 0.6 is 0 Å². The fraction of sp³-hybridized carbons (Fsp3) is 0.500. The van der Waals surface area contributed by atoms with Crippen molar-refractivity contribution in [2.45, 2.75) is 26.7 Å². The number of hydrogen-bond acceptors (Lipinski definition) is 1. The maximum atomic E-state index is 11.2. The van der Waals surface area contributed by atoms with Gasteiger partial charge in [0, 0.05) is 6.42 Å². The molecule has 0 bridgehead atoms. The molecule has 0 aromatic rings. The normalized spacial score (nSPS) is 24.7. The summed E-state index contributed by atoms with van der Waals surface area (Å²) in [5.41, 5.74) is 2.05. The Morgan fingerprint density at radius 3 is 2.91 bits per heavy atom. The molecule has 0 heterocycles. The summed E-state index contributed by atoms with van der Waals surface area (Å²) >= 11 is 0. The first-order valence-corrected chi connectivity index (χ1v) is 3.96. The maximum absolute atomic E-state index is 11.2. The second kappa shape index (κ2) is 3.04. The molecule has 0 amide bonds. The van der Waals surface area contributed by atoms with E-state index in [0.717, 1.165) is 17.6 Å². The van der Waals surface area contributed by atoms with E-state index < -0.39 is 0 Å². The standard InChI is InChI=1S/C10H14O/c1-7(2)9-5-4-8(3)10(11)6-9/h4,9H,1,5-6H2,2-3H3/p+1. The molecule has 0 N–H and O–H groups in total. The molecule has 1 atom stereocenters. The summed E-state index contributed by atoms with van der Waals surface area (Å²) in [6, 6.07) is 0. The zero-order valence-electron chi connectivity index (χ0n) is 8.18. The number of Topliss-reactive ketones (excluding diaryl/α,β-unsaturated/α-hetero) is 1. The van der Waals surface area contributed by atoms with Crippen molar-refractivity contribution in [1.29, 1.82) is 0 Å². The highest BCUT2D eigenvalue weighted by molar-refractivity contribution is 5.95. The van der Waals surface area contributed by atoms with E-state index in [2.05, 4.69) is 6.58 Å². The van der Waals surface area contributed by atoms with Crippen LogP contribution in [-0.4, -0.2) is 5.78 Å². The molecule has 0 spiro atoms. The third kappa shape index (κ3) is 1.79. The van der Waals surface area contributed by atoms with Gasteiger partial charge in [-0.2, -0.15) is 0 Å². The summed E-state index contributed by atoms with van der Waals surface area (Å²) in [6.45, 7) is 7.74. The van der Waals surface area contributed by atoms with Crippen molar-refractivity contribution in [1.82, 2.24) is 0 Å². The van der Waals surface area contributed by atoms with Gasteiger partial charge < -0.3 is 0 Å². The zero-order valence-corrected chi connectivity index (χ0v) is 7.18. The van der Waals surface area contributed by atoms with Crippen LogP contribution in [0.4, 0.5) is 0 Å². The Bertz CT molecular complexity index is 228. The lowest BCUT2D eigenvalue weighted by Gasteiger charge is -2.18. The smallest absolute Gasteiger partial charge is 0.295 e. The van der Waals surface area contributed by atoms with Gasteiger partial charge in [0.2, 0.25) is 0 Å². The van der Waals surface area contributed by atoms with Crippen LogP contribution in [0.1, 0.15) is 28.1 Å². The Kier molecular flexibility index (Phi) is 2.28. The van der Waals surface area contributed by atoms with Crippen molar-refractivity contribution in [2.75, 3.05) is 0 Å². The summed E-state index contributed by atoms with van der Waals surface area (Å²) in [7, 11) is 0. The van der Waals surface area contributed by atoms with Crippen molar-refractivity contribution in [3.05, 3.63) is 23.8 Å². The highest BCUT2D eigenvalue weighted by atomic mass is 16.1. The van der Waals surface area contributed by atoms with Gasteiger partial charge in [-0.1, -0.05) is 18.2 Å². The second-order valence-corrected chi connectivity index (χ2v) is 3.29. The van der Waals surface area contributed by atoms with Crippen LogP contribution in [0, 0.1) is 5.92 Å². The summed E-state index contributed by atoms with van der Waals surface area (Å²) in [6.07, 6.45) is 3.68. The molecular formula is C10H15O+. The third-order valence-electron chi connectivity index (χ3n) is 2.28. The molecule has 60 valence electrons. The summed E-state index contributed by atoms with van der Waals surface area (Å²) in [5.74, 6) is 0.676. The number of rotatable bonds is 1. The van der Waals surface area contributed by atoms with Gasteiger partial charge in [0.05, 0.1) is 0 Å². The van der Waals surface area contributed by atoms with E-state index in [9.17, 15) is 4.79 Å². The van der Waals surface area contributed by atoms with E-state index in [0.29, 0.717) is 12.3 Å². The van der Waals surface area contributed by atoms with Crippen molar-refractivity contribution < 1.29 is 6.22 Å². The molecule has 0 aromatic heterocycles. The predicted octanol–water partition coefficient (Wildman–Crippen LogP) is 2.60. The van der Waals surface area contributed by atoms with Gasteiger partial charge in [0.15, 0.2) is 5.78 Å². The molecule has 1 aliphatic rings. The molecule has 0 aliphatic heterocycles. The molecule has 0 saturated carbocycles. The Morgan fingerprint density at radius 2 is 2.45 bits per heavy atom. The van der Waals surface area contributed by atoms with E-state index in [1.807, 2.05) is 19.9 Å². The first-order chi connectivity index (χ1) is 5.11. The van der Waals surface area contributed by atoms with Crippen LogP contribution in [0.25, 0.3) is 0 Å². The van der Waals surface area contributed by atoms with Gasteiger partial charge in [-0.3, -0.25) is 4.79 Å². The van der Waals surface area contributed by atoms with E-state index in [-0.39, 0.29) is 7.21 Å². The first kappa shape index (κ1) is 8.25. The number of carbonyl (C=O) groups excluding carboxylic acids is 1. The topological polar surface area (TPSA) is 17.1 Å². The van der Waals surface area contributed by atoms with Crippen LogP contribution in [-0.2, 0) is 4.79 Å². The van der Waals surface area contributed by atoms with Gasteiger partial charge in [-0.05, 0) is 31.8 Å². The molecule has 1 heteroatoms. The van der Waals surface area contributed by atoms with E-state index in [4.69, 9.17) is 0 Å². The average Bonchev–Trinajstić information content (AvgIpc) is 1.94. The fourth-order valence-corrected chi connectivity index (χ4v) is 1.28.